The van der Waals surface area contributed by atoms with Crippen molar-refractivity contribution in [2.24, 2.45) is 0 Å². The third-order valence-electron chi connectivity index (χ3n) is 1.88. The molecule has 1 rings (SSSR count). The Labute approximate surface area is 116 Å². The number of rotatable bonds is 4. The molecule has 7 nitrogen and oxygen atoms in total. The van der Waals surface area contributed by atoms with Crippen LogP contribution in [0.1, 0.15) is 12.0 Å². The van der Waals surface area contributed by atoms with Crippen LogP contribution in [0, 0.1) is 10.1 Å². The number of halogens is 6. The van der Waals surface area contributed by atoms with Gasteiger partial charge in [-0.2, -0.15) is 0 Å². The predicted molar refractivity (Wildman–Crippen MR) is 55.6 cm³/mol. The van der Waals surface area contributed by atoms with E-state index in [1.54, 1.807) is 0 Å². The number of ether oxygens (including phenoxy) is 1. The molecule has 0 saturated carbocycles. The molecular formula is C7H2ClF5N2O5S. The van der Waals surface area contributed by atoms with Crippen molar-refractivity contribution in [1.82, 2.24) is 4.98 Å². The smallest absolute Gasteiger partial charge is 0.402 e. The van der Waals surface area contributed by atoms with Crippen LogP contribution in [-0.4, -0.2) is 24.7 Å². The maximum absolute atomic E-state index is 12.8. The molecule has 21 heavy (non-hydrogen) atoms. The van der Waals surface area contributed by atoms with E-state index >= 15 is 0 Å². The Kier molecular flexibility index (Phi) is 4.57. The molecule has 0 bridgehead atoms. The summed E-state index contributed by atoms with van der Waals surface area (Å²) in [4.78, 5) is 11.8. The summed E-state index contributed by atoms with van der Waals surface area (Å²) < 4.78 is 87.3. The maximum Gasteiger partial charge on any atom is 0.573 e. The Morgan fingerprint density at radius 1 is 1.38 bits per heavy atom. The van der Waals surface area contributed by atoms with Gasteiger partial charge in [-0.3, -0.25) is 10.1 Å². The van der Waals surface area contributed by atoms with Gasteiger partial charge in [0.25, 0.3) is 21.2 Å². The summed E-state index contributed by atoms with van der Waals surface area (Å²) >= 11 is 0. The Morgan fingerprint density at radius 3 is 2.24 bits per heavy atom. The summed E-state index contributed by atoms with van der Waals surface area (Å²) in [5.41, 5.74) is -3.44. The molecule has 0 unspecified atom stereocenters. The Hall–Kier alpha value is -1.76. The quantitative estimate of drug-likeness (QED) is 0.356. The Bertz CT molecular complexity index is 677. The molecule has 14 heteroatoms. The summed E-state index contributed by atoms with van der Waals surface area (Å²) in [6.45, 7) is 0. The highest BCUT2D eigenvalue weighted by Crippen LogP contribution is 2.42. The second kappa shape index (κ2) is 5.55. The van der Waals surface area contributed by atoms with E-state index in [0.29, 0.717) is 0 Å². The van der Waals surface area contributed by atoms with Crippen LogP contribution in [-0.2, 0) is 9.05 Å². The van der Waals surface area contributed by atoms with Gasteiger partial charge in [0, 0.05) is 10.7 Å². The number of nitro groups is 1. The number of nitrogens with zero attached hydrogens (tertiary/aromatic N) is 2. The molecule has 0 aromatic carbocycles. The molecular weight excluding hydrogens is 355 g/mol. The fraction of sp³-hybridized carbons (Fsp3) is 0.286. The summed E-state index contributed by atoms with van der Waals surface area (Å²) in [6.07, 6.45) is -9.40. The molecule has 0 fully saturated rings. The standard InChI is InChI=1S/C7H2ClF5N2O5S/c8-21(18,19)6-4(20-7(11,12)13)3(5(9)10)2(1-14-6)15(16)17/h1,5H. The van der Waals surface area contributed by atoms with E-state index in [9.17, 15) is 40.5 Å². The van der Waals surface area contributed by atoms with Crippen molar-refractivity contribution >= 4 is 25.4 Å². The molecule has 0 aliphatic rings. The molecule has 0 spiro atoms. The van der Waals surface area contributed by atoms with E-state index in [2.05, 4.69) is 9.72 Å². The molecule has 1 aromatic heterocycles. The lowest BCUT2D eigenvalue weighted by atomic mass is 10.2. The van der Waals surface area contributed by atoms with E-state index in [-0.39, 0.29) is 6.20 Å². The fourth-order valence-electron chi connectivity index (χ4n) is 1.22. The molecule has 0 radical (unpaired) electrons. The number of alkyl halides is 5. The van der Waals surface area contributed by atoms with E-state index in [1.807, 2.05) is 0 Å². The first-order chi connectivity index (χ1) is 9.34. The minimum absolute atomic E-state index is 0.0417. The van der Waals surface area contributed by atoms with Gasteiger partial charge in [0.1, 0.15) is 11.8 Å². The molecule has 0 N–H and O–H groups in total. The highest BCUT2D eigenvalue weighted by atomic mass is 35.7. The summed E-state index contributed by atoms with van der Waals surface area (Å²) in [7, 11) is -0.275. The van der Waals surface area contributed by atoms with Crippen LogP contribution in [0.2, 0.25) is 0 Å². The van der Waals surface area contributed by atoms with E-state index in [0.717, 1.165) is 0 Å². The predicted octanol–water partition coefficient (Wildman–Crippen LogP) is 2.75. The van der Waals surface area contributed by atoms with Crippen molar-refractivity contribution in [1.29, 1.82) is 0 Å². The van der Waals surface area contributed by atoms with Gasteiger partial charge in [0.05, 0.1) is 4.92 Å². The first-order valence-corrected chi connectivity index (χ1v) is 6.81. The molecule has 0 aliphatic heterocycles. The summed E-state index contributed by atoms with van der Waals surface area (Å²) in [5.74, 6) is -2.04. The zero-order valence-electron chi connectivity index (χ0n) is 9.27. The van der Waals surface area contributed by atoms with Crippen molar-refractivity contribution in [3.05, 3.63) is 21.9 Å². The third kappa shape index (κ3) is 4.10. The average molecular weight is 357 g/mol. The lowest BCUT2D eigenvalue weighted by molar-refractivity contribution is -0.386. The highest BCUT2D eigenvalue weighted by molar-refractivity contribution is 8.13. The van der Waals surface area contributed by atoms with Gasteiger partial charge in [0.2, 0.25) is 5.03 Å². The normalized spacial score (nSPS) is 12.5. The number of hydrogen-bond acceptors (Lipinski definition) is 6. The van der Waals surface area contributed by atoms with Crippen LogP contribution < -0.4 is 4.74 Å². The molecule has 0 amide bonds. The second-order valence-corrected chi connectivity index (χ2v) is 5.72. The van der Waals surface area contributed by atoms with Crippen molar-refractivity contribution in [2.75, 3.05) is 0 Å². The monoisotopic (exact) mass is 356 g/mol. The largest absolute Gasteiger partial charge is 0.573 e. The van der Waals surface area contributed by atoms with Gasteiger partial charge < -0.3 is 4.74 Å². The van der Waals surface area contributed by atoms with Crippen LogP contribution in [0.3, 0.4) is 0 Å². The third-order valence-corrected chi connectivity index (χ3v) is 3.07. The van der Waals surface area contributed by atoms with Gasteiger partial charge in [0.15, 0.2) is 5.75 Å². The second-order valence-electron chi connectivity index (χ2n) is 3.23. The lowest BCUT2D eigenvalue weighted by Crippen LogP contribution is -2.21. The van der Waals surface area contributed by atoms with Crippen LogP contribution >= 0.6 is 10.7 Å². The van der Waals surface area contributed by atoms with Gasteiger partial charge >= 0.3 is 6.36 Å². The highest BCUT2D eigenvalue weighted by Gasteiger charge is 2.41. The first kappa shape index (κ1) is 17.3. The molecule has 1 aromatic rings. The Morgan fingerprint density at radius 2 is 1.90 bits per heavy atom. The molecule has 0 atom stereocenters. The van der Waals surface area contributed by atoms with Crippen molar-refractivity contribution < 1.29 is 40.0 Å². The van der Waals surface area contributed by atoms with Crippen LogP contribution in [0.15, 0.2) is 11.2 Å². The van der Waals surface area contributed by atoms with Crippen molar-refractivity contribution in [3.8, 4) is 5.75 Å². The fourth-order valence-corrected chi connectivity index (χ4v) is 2.11. The van der Waals surface area contributed by atoms with Crippen molar-refractivity contribution in [2.45, 2.75) is 17.8 Å². The van der Waals surface area contributed by atoms with Gasteiger partial charge in [-0.25, -0.2) is 22.2 Å². The van der Waals surface area contributed by atoms with Gasteiger partial charge in [-0.05, 0) is 0 Å². The minimum Gasteiger partial charge on any atom is -0.402 e. The number of pyridine rings is 1. The van der Waals surface area contributed by atoms with Crippen LogP contribution in [0.5, 0.6) is 5.75 Å². The summed E-state index contributed by atoms with van der Waals surface area (Å²) in [6, 6.07) is 0. The molecule has 0 saturated heterocycles. The zero-order chi connectivity index (χ0) is 16.6. The zero-order valence-corrected chi connectivity index (χ0v) is 10.8. The molecule has 118 valence electrons. The van der Waals surface area contributed by atoms with Crippen molar-refractivity contribution in [3.63, 3.8) is 0 Å². The van der Waals surface area contributed by atoms with Crippen LogP contribution in [0.4, 0.5) is 27.6 Å². The SMILES string of the molecule is O=[N+]([O-])c1cnc(S(=O)(=O)Cl)c(OC(F)(F)F)c1C(F)F. The lowest BCUT2D eigenvalue weighted by Gasteiger charge is -2.14. The van der Waals surface area contributed by atoms with Gasteiger partial charge in [-0.1, -0.05) is 0 Å². The number of aromatic nitrogens is 1. The molecule has 1 heterocycles. The molecule has 0 aliphatic carbocycles. The van der Waals surface area contributed by atoms with Crippen LogP contribution in [0.25, 0.3) is 0 Å². The Balaban J connectivity index is 3.79. The average Bonchev–Trinajstić information content (AvgIpc) is 2.23. The van der Waals surface area contributed by atoms with Gasteiger partial charge in [-0.15, -0.1) is 13.2 Å². The minimum atomic E-state index is -5.60. The van der Waals surface area contributed by atoms with E-state index in [4.69, 9.17) is 10.7 Å². The maximum atomic E-state index is 12.8. The van der Waals surface area contributed by atoms with E-state index < -0.39 is 48.8 Å². The number of hydrogen-bond donors (Lipinski definition) is 0. The van der Waals surface area contributed by atoms with E-state index in [1.165, 1.54) is 0 Å². The topological polar surface area (TPSA) is 99.4 Å². The first-order valence-electron chi connectivity index (χ1n) is 4.50. The summed E-state index contributed by atoms with van der Waals surface area (Å²) in [5, 5.41) is 8.81.